The monoisotopic (exact) mass is 468 g/mol. The van der Waals surface area contributed by atoms with Crippen molar-refractivity contribution in [2.75, 3.05) is 13.7 Å². The lowest BCUT2D eigenvalue weighted by atomic mass is 10.1. The number of nitrogens with one attached hydrogen (secondary N) is 2. The number of rotatable bonds is 10. The zero-order valence-corrected chi connectivity index (χ0v) is 19.9. The lowest BCUT2D eigenvalue weighted by molar-refractivity contribution is 0.0950. The largest absolute Gasteiger partial charge is 0.493 e. The van der Waals surface area contributed by atoms with E-state index < -0.39 is 10.0 Å². The molecule has 0 unspecified atom stereocenters. The summed E-state index contributed by atoms with van der Waals surface area (Å²) < 4.78 is 38.3. The lowest BCUT2D eigenvalue weighted by Gasteiger charge is -2.15. The van der Waals surface area contributed by atoms with Crippen molar-refractivity contribution < 1.29 is 22.7 Å². The van der Waals surface area contributed by atoms with Crippen molar-refractivity contribution in [2.45, 2.75) is 45.2 Å². The van der Waals surface area contributed by atoms with Crippen LogP contribution in [0.4, 0.5) is 0 Å². The van der Waals surface area contributed by atoms with Gasteiger partial charge in [0.15, 0.2) is 11.5 Å². The van der Waals surface area contributed by atoms with Crippen molar-refractivity contribution in [3.63, 3.8) is 0 Å². The summed E-state index contributed by atoms with van der Waals surface area (Å²) in [4.78, 5) is 12.8. The second-order valence-electron chi connectivity index (χ2n) is 7.80. The van der Waals surface area contributed by atoms with Crippen molar-refractivity contribution in [3.05, 3.63) is 52.5 Å². The Morgan fingerprint density at radius 3 is 2.45 bits per heavy atom. The Hall–Kier alpha value is -2.29. The van der Waals surface area contributed by atoms with Crippen LogP contribution in [0.1, 0.15) is 43.6 Å². The molecule has 0 radical (unpaired) electrons. The second-order valence-corrected chi connectivity index (χ2v) is 9.92. The molecular formula is C22H29ClN2O5S. The predicted octanol–water partition coefficient (Wildman–Crippen LogP) is 4.00. The van der Waals surface area contributed by atoms with Crippen molar-refractivity contribution in [1.82, 2.24) is 10.0 Å². The first-order valence-corrected chi connectivity index (χ1v) is 11.8. The number of ether oxygens (including phenoxy) is 2. The highest BCUT2D eigenvalue weighted by atomic mass is 35.5. The summed E-state index contributed by atoms with van der Waals surface area (Å²) >= 11 is 6.31. The molecule has 0 bridgehead atoms. The maximum absolute atomic E-state index is 12.6. The summed E-state index contributed by atoms with van der Waals surface area (Å²) in [6.45, 7) is 8.14. The van der Waals surface area contributed by atoms with E-state index in [1.807, 2.05) is 13.8 Å². The number of carbonyl (C=O) groups is 1. The maximum atomic E-state index is 12.6. The minimum atomic E-state index is -3.61. The first kappa shape index (κ1) is 25.0. The third-order valence-electron chi connectivity index (χ3n) is 4.11. The Labute approximate surface area is 189 Å². The van der Waals surface area contributed by atoms with Crippen molar-refractivity contribution in [2.24, 2.45) is 5.92 Å². The molecular weight excluding hydrogens is 440 g/mol. The molecule has 170 valence electrons. The van der Waals surface area contributed by atoms with Gasteiger partial charge >= 0.3 is 0 Å². The Bertz CT molecular complexity index is 1020. The molecule has 2 aromatic carbocycles. The van der Waals surface area contributed by atoms with E-state index in [0.717, 1.165) is 0 Å². The zero-order chi connectivity index (χ0) is 23.2. The Morgan fingerprint density at radius 2 is 1.84 bits per heavy atom. The van der Waals surface area contributed by atoms with E-state index in [1.165, 1.54) is 25.3 Å². The third-order valence-corrected chi connectivity index (χ3v) is 6.04. The predicted molar refractivity (Wildman–Crippen MR) is 121 cm³/mol. The van der Waals surface area contributed by atoms with Gasteiger partial charge in [-0.3, -0.25) is 4.79 Å². The average molecular weight is 469 g/mol. The zero-order valence-electron chi connectivity index (χ0n) is 18.4. The van der Waals surface area contributed by atoms with Crippen LogP contribution in [0.2, 0.25) is 5.02 Å². The van der Waals surface area contributed by atoms with Gasteiger partial charge < -0.3 is 14.8 Å². The van der Waals surface area contributed by atoms with Gasteiger partial charge in [0.05, 0.1) is 23.6 Å². The molecule has 7 nitrogen and oxygen atoms in total. The molecule has 0 aliphatic rings. The molecule has 0 aromatic heterocycles. The van der Waals surface area contributed by atoms with Gasteiger partial charge in [0.2, 0.25) is 10.0 Å². The van der Waals surface area contributed by atoms with Gasteiger partial charge in [-0.2, -0.15) is 0 Å². The maximum Gasteiger partial charge on any atom is 0.251 e. The van der Waals surface area contributed by atoms with Gasteiger partial charge in [-0.25, -0.2) is 13.1 Å². The Kier molecular flexibility index (Phi) is 8.73. The second kappa shape index (κ2) is 10.8. The molecule has 2 aromatic rings. The normalized spacial score (nSPS) is 11.6. The fourth-order valence-corrected chi connectivity index (χ4v) is 4.31. The van der Waals surface area contributed by atoms with E-state index in [0.29, 0.717) is 35.2 Å². The van der Waals surface area contributed by atoms with Gasteiger partial charge in [-0.05, 0) is 49.6 Å². The quantitative estimate of drug-likeness (QED) is 0.549. The highest BCUT2D eigenvalue weighted by Gasteiger charge is 2.18. The van der Waals surface area contributed by atoms with Crippen LogP contribution < -0.4 is 19.5 Å². The Morgan fingerprint density at radius 1 is 1.13 bits per heavy atom. The van der Waals surface area contributed by atoms with Gasteiger partial charge in [0.1, 0.15) is 0 Å². The van der Waals surface area contributed by atoms with E-state index in [1.54, 1.807) is 32.0 Å². The molecule has 0 aliphatic carbocycles. The topological polar surface area (TPSA) is 93.7 Å². The number of halogens is 1. The molecule has 1 amide bonds. The number of amides is 1. The average Bonchev–Trinajstić information content (AvgIpc) is 2.69. The van der Waals surface area contributed by atoms with Gasteiger partial charge in [0, 0.05) is 18.2 Å². The number of hydrogen-bond acceptors (Lipinski definition) is 5. The summed E-state index contributed by atoms with van der Waals surface area (Å²) in [6.07, 6.45) is 0. The SMILES string of the molecule is COc1cc(C(=O)NCc2cccc(S(=O)(=O)NC(C)C)c2)cc(Cl)c1OCC(C)C. The molecule has 0 heterocycles. The number of benzene rings is 2. The number of sulfonamides is 1. The summed E-state index contributed by atoms with van der Waals surface area (Å²) in [5.74, 6) is 0.694. The summed E-state index contributed by atoms with van der Waals surface area (Å²) in [5.41, 5.74) is 0.957. The fraction of sp³-hybridized carbons (Fsp3) is 0.409. The van der Waals surface area contributed by atoms with Crippen molar-refractivity contribution in [3.8, 4) is 11.5 Å². The first-order valence-electron chi connectivity index (χ1n) is 9.93. The summed E-state index contributed by atoms with van der Waals surface area (Å²) in [5, 5.41) is 3.05. The molecule has 0 saturated heterocycles. The third kappa shape index (κ3) is 7.12. The lowest BCUT2D eigenvalue weighted by Crippen LogP contribution is -2.30. The molecule has 2 rings (SSSR count). The number of carbonyl (C=O) groups excluding carboxylic acids is 1. The molecule has 9 heteroatoms. The minimum absolute atomic E-state index is 0.143. The summed E-state index contributed by atoms with van der Waals surface area (Å²) in [6, 6.07) is 9.27. The van der Waals surface area contributed by atoms with Crippen molar-refractivity contribution in [1.29, 1.82) is 0 Å². The van der Waals surface area contributed by atoms with E-state index >= 15 is 0 Å². The highest BCUT2D eigenvalue weighted by Crippen LogP contribution is 2.36. The van der Waals surface area contributed by atoms with Crippen LogP contribution in [-0.2, 0) is 16.6 Å². The molecule has 2 N–H and O–H groups in total. The standard InChI is InChI=1S/C22H29ClN2O5S/c1-14(2)13-30-21-19(23)10-17(11-20(21)29-5)22(26)24-12-16-7-6-8-18(9-16)31(27,28)25-15(3)4/h6-11,14-15,25H,12-13H2,1-5H3,(H,24,26). The van der Waals surface area contributed by atoms with Crippen LogP contribution in [0.25, 0.3) is 0 Å². The first-order chi connectivity index (χ1) is 14.5. The van der Waals surface area contributed by atoms with Gasteiger partial charge in [0.25, 0.3) is 5.91 Å². The van der Waals surface area contributed by atoms with Crippen LogP contribution >= 0.6 is 11.6 Å². The van der Waals surface area contributed by atoms with E-state index in [2.05, 4.69) is 10.0 Å². The summed E-state index contributed by atoms with van der Waals surface area (Å²) in [7, 11) is -2.14. The van der Waals surface area contributed by atoms with E-state index in [4.69, 9.17) is 21.1 Å². The van der Waals surface area contributed by atoms with Crippen LogP contribution in [0.5, 0.6) is 11.5 Å². The van der Waals surface area contributed by atoms with Crippen molar-refractivity contribution >= 4 is 27.5 Å². The van der Waals surface area contributed by atoms with Crippen LogP contribution in [0.15, 0.2) is 41.3 Å². The molecule has 0 atom stereocenters. The molecule has 0 aliphatic heterocycles. The minimum Gasteiger partial charge on any atom is -0.493 e. The van der Waals surface area contributed by atoms with E-state index in [-0.39, 0.29) is 28.4 Å². The van der Waals surface area contributed by atoms with E-state index in [9.17, 15) is 13.2 Å². The van der Waals surface area contributed by atoms with Gasteiger partial charge in [-0.15, -0.1) is 0 Å². The molecule has 31 heavy (non-hydrogen) atoms. The molecule has 0 spiro atoms. The van der Waals surface area contributed by atoms with Crippen LogP contribution in [-0.4, -0.2) is 34.1 Å². The molecule has 0 fully saturated rings. The van der Waals surface area contributed by atoms with Crippen LogP contribution in [0.3, 0.4) is 0 Å². The Balaban J connectivity index is 2.14. The fourth-order valence-electron chi connectivity index (χ4n) is 2.73. The van der Waals surface area contributed by atoms with Gasteiger partial charge in [-0.1, -0.05) is 37.6 Å². The number of hydrogen-bond donors (Lipinski definition) is 2. The smallest absolute Gasteiger partial charge is 0.251 e. The number of methoxy groups -OCH3 is 1. The molecule has 0 saturated carbocycles. The highest BCUT2D eigenvalue weighted by molar-refractivity contribution is 7.89. The van der Waals surface area contributed by atoms with Crippen LogP contribution in [0, 0.1) is 5.92 Å².